The Balaban J connectivity index is 1.91. The first-order chi connectivity index (χ1) is 11.7. The number of anilines is 1. The number of aromatic nitrogens is 2. The minimum absolute atomic E-state index is 0.640. The van der Waals surface area contributed by atoms with Gasteiger partial charge in [0.1, 0.15) is 11.2 Å². The number of rotatable bonds is 5. The lowest BCUT2D eigenvalue weighted by molar-refractivity contribution is 0.354. The summed E-state index contributed by atoms with van der Waals surface area (Å²) in [4.78, 5) is 10.8. The summed E-state index contributed by atoms with van der Waals surface area (Å²) in [7, 11) is 3.21. The molecule has 0 aliphatic heterocycles. The van der Waals surface area contributed by atoms with Gasteiger partial charge >= 0.3 is 0 Å². The molecule has 0 radical (unpaired) electrons. The summed E-state index contributed by atoms with van der Waals surface area (Å²) in [5.74, 6) is 2.00. The number of methoxy groups -OCH3 is 2. The maximum absolute atomic E-state index is 5.39. The minimum atomic E-state index is 0.640. The summed E-state index contributed by atoms with van der Waals surface area (Å²) >= 11 is 1.65. The highest BCUT2D eigenvalue weighted by atomic mass is 32.1. The number of nitrogens with zero attached hydrogens (tertiary/aromatic N) is 3. The molecule has 0 unspecified atom stereocenters. The van der Waals surface area contributed by atoms with Crippen molar-refractivity contribution in [2.45, 2.75) is 13.8 Å². The van der Waals surface area contributed by atoms with Crippen LogP contribution in [0.15, 0.2) is 29.6 Å². The van der Waals surface area contributed by atoms with Crippen molar-refractivity contribution in [2.75, 3.05) is 19.6 Å². The SMILES string of the molecule is COc1cccc(/C=N\Nc2ncnc3sc(C)c(C)c23)c1OC. The lowest BCUT2D eigenvalue weighted by Crippen LogP contribution is -1.98. The normalized spacial score (nSPS) is 11.2. The van der Waals surface area contributed by atoms with E-state index >= 15 is 0 Å². The zero-order valence-corrected chi connectivity index (χ0v) is 14.8. The zero-order valence-electron chi connectivity index (χ0n) is 14.0. The number of hydrogen-bond acceptors (Lipinski definition) is 7. The number of thiophene rings is 1. The molecule has 0 saturated heterocycles. The number of nitrogens with one attached hydrogen (secondary N) is 1. The maximum atomic E-state index is 5.39. The number of hydrogen-bond donors (Lipinski definition) is 1. The third kappa shape index (κ3) is 2.90. The van der Waals surface area contributed by atoms with Gasteiger partial charge in [-0.2, -0.15) is 5.10 Å². The molecule has 7 heteroatoms. The molecule has 0 amide bonds. The molecular formula is C17H18N4O2S. The van der Waals surface area contributed by atoms with E-state index in [1.807, 2.05) is 18.2 Å². The van der Waals surface area contributed by atoms with Gasteiger partial charge < -0.3 is 9.47 Å². The lowest BCUT2D eigenvalue weighted by Gasteiger charge is -2.09. The van der Waals surface area contributed by atoms with Crippen LogP contribution in [0.3, 0.4) is 0 Å². The van der Waals surface area contributed by atoms with Crippen LogP contribution in [0.2, 0.25) is 0 Å². The third-order valence-electron chi connectivity index (χ3n) is 3.77. The molecule has 0 saturated carbocycles. The number of hydrazone groups is 1. The van der Waals surface area contributed by atoms with E-state index in [1.54, 1.807) is 38.1 Å². The van der Waals surface area contributed by atoms with Crippen LogP contribution in [0, 0.1) is 13.8 Å². The summed E-state index contributed by atoms with van der Waals surface area (Å²) in [6, 6.07) is 5.63. The van der Waals surface area contributed by atoms with Crippen molar-refractivity contribution >= 4 is 33.6 Å². The summed E-state index contributed by atoms with van der Waals surface area (Å²) in [6.07, 6.45) is 3.23. The highest BCUT2D eigenvalue weighted by molar-refractivity contribution is 7.18. The van der Waals surface area contributed by atoms with E-state index in [4.69, 9.17) is 9.47 Å². The Bertz CT molecular complexity index is 905. The smallest absolute Gasteiger partial charge is 0.169 e. The highest BCUT2D eigenvalue weighted by Gasteiger charge is 2.11. The molecule has 0 bridgehead atoms. The zero-order chi connectivity index (χ0) is 17.1. The first-order valence-electron chi connectivity index (χ1n) is 7.36. The van der Waals surface area contributed by atoms with E-state index in [-0.39, 0.29) is 0 Å². The third-order valence-corrected chi connectivity index (χ3v) is 4.89. The van der Waals surface area contributed by atoms with Crippen molar-refractivity contribution < 1.29 is 9.47 Å². The van der Waals surface area contributed by atoms with Crippen LogP contribution in [0.1, 0.15) is 16.0 Å². The fourth-order valence-corrected chi connectivity index (χ4v) is 3.44. The van der Waals surface area contributed by atoms with Crippen LogP contribution in [0.5, 0.6) is 11.5 Å². The van der Waals surface area contributed by atoms with Crippen LogP contribution >= 0.6 is 11.3 Å². The number of benzene rings is 1. The van der Waals surface area contributed by atoms with Gasteiger partial charge in [-0.3, -0.25) is 5.43 Å². The van der Waals surface area contributed by atoms with E-state index in [0.29, 0.717) is 17.3 Å². The van der Waals surface area contributed by atoms with Crippen LogP contribution in [0.25, 0.3) is 10.2 Å². The molecule has 2 heterocycles. The Morgan fingerprint density at radius 1 is 1.17 bits per heavy atom. The second-order valence-corrected chi connectivity index (χ2v) is 6.34. The standard InChI is InChI=1S/C17H18N4O2S/c1-10-11(2)24-17-14(10)16(18-9-19-17)21-20-8-12-6-5-7-13(22-3)15(12)23-4/h5-9H,1-4H3,(H,18,19,21)/b20-8-. The number of ether oxygens (including phenoxy) is 2. The molecule has 1 aromatic carbocycles. The Labute approximate surface area is 144 Å². The average Bonchev–Trinajstić information content (AvgIpc) is 2.89. The van der Waals surface area contributed by atoms with Gasteiger partial charge in [0.2, 0.25) is 0 Å². The van der Waals surface area contributed by atoms with E-state index in [1.165, 1.54) is 10.4 Å². The molecule has 3 rings (SSSR count). The number of fused-ring (bicyclic) bond motifs is 1. The van der Waals surface area contributed by atoms with Gasteiger partial charge in [-0.25, -0.2) is 9.97 Å². The molecule has 0 atom stereocenters. The van der Waals surface area contributed by atoms with Crippen LogP contribution in [0.4, 0.5) is 5.82 Å². The van der Waals surface area contributed by atoms with Crippen molar-refractivity contribution in [3.63, 3.8) is 0 Å². The van der Waals surface area contributed by atoms with Gasteiger partial charge in [0.15, 0.2) is 17.3 Å². The van der Waals surface area contributed by atoms with Gasteiger partial charge in [-0.05, 0) is 31.5 Å². The molecule has 124 valence electrons. The Hall–Kier alpha value is -2.67. The van der Waals surface area contributed by atoms with Gasteiger partial charge in [-0.1, -0.05) is 6.07 Å². The Morgan fingerprint density at radius 2 is 2.00 bits per heavy atom. The van der Waals surface area contributed by atoms with E-state index in [9.17, 15) is 0 Å². The van der Waals surface area contributed by atoms with Crippen LogP contribution in [-0.2, 0) is 0 Å². The average molecular weight is 342 g/mol. The highest BCUT2D eigenvalue weighted by Crippen LogP contribution is 2.32. The number of aryl methyl sites for hydroxylation is 2. The minimum Gasteiger partial charge on any atom is -0.493 e. The maximum Gasteiger partial charge on any atom is 0.169 e. The van der Waals surface area contributed by atoms with Crippen LogP contribution < -0.4 is 14.9 Å². The molecule has 0 fully saturated rings. The topological polar surface area (TPSA) is 68.6 Å². The van der Waals surface area contributed by atoms with Crippen molar-refractivity contribution in [1.29, 1.82) is 0 Å². The quantitative estimate of drug-likeness (QED) is 0.564. The lowest BCUT2D eigenvalue weighted by atomic mass is 10.2. The first-order valence-corrected chi connectivity index (χ1v) is 8.18. The molecule has 2 aromatic heterocycles. The molecule has 6 nitrogen and oxygen atoms in total. The monoisotopic (exact) mass is 342 g/mol. The van der Waals surface area contributed by atoms with Gasteiger partial charge in [0, 0.05) is 10.4 Å². The van der Waals surface area contributed by atoms with Crippen molar-refractivity contribution in [3.8, 4) is 11.5 Å². The molecule has 24 heavy (non-hydrogen) atoms. The van der Waals surface area contributed by atoms with Crippen molar-refractivity contribution in [2.24, 2.45) is 5.10 Å². The van der Waals surface area contributed by atoms with Gasteiger partial charge in [0.25, 0.3) is 0 Å². The van der Waals surface area contributed by atoms with Crippen molar-refractivity contribution in [3.05, 3.63) is 40.5 Å². The molecule has 0 spiro atoms. The van der Waals surface area contributed by atoms with Crippen molar-refractivity contribution in [1.82, 2.24) is 9.97 Å². The Kier molecular flexibility index (Phi) is 4.61. The summed E-state index contributed by atoms with van der Waals surface area (Å²) in [5, 5.41) is 5.31. The summed E-state index contributed by atoms with van der Waals surface area (Å²) in [6.45, 7) is 4.15. The molecule has 0 aliphatic rings. The van der Waals surface area contributed by atoms with Crippen LogP contribution in [-0.4, -0.2) is 30.4 Å². The largest absolute Gasteiger partial charge is 0.493 e. The van der Waals surface area contributed by atoms with E-state index < -0.39 is 0 Å². The molecule has 1 N–H and O–H groups in total. The molecule has 3 aromatic rings. The van der Waals surface area contributed by atoms with E-state index in [2.05, 4.69) is 34.3 Å². The molecular weight excluding hydrogens is 324 g/mol. The second-order valence-electron chi connectivity index (χ2n) is 5.14. The first kappa shape index (κ1) is 16.2. The Morgan fingerprint density at radius 3 is 2.75 bits per heavy atom. The van der Waals surface area contributed by atoms with Gasteiger partial charge in [0.05, 0.1) is 25.8 Å². The summed E-state index contributed by atoms with van der Waals surface area (Å²) < 4.78 is 10.7. The fourth-order valence-electron chi connectivity index (χ4n) is 2.44. The predicted molar refractivity (Wildman–Crippen MR) is 97.7 cm³/mol. The van der Waals surface area contributed by atoms with E-state index in [0.717, 1.165) is 15.8 Å². The fraction of sp³-hybridized carbons (Fsp3) is 0.235. The van der Waals surface area contributed by atoms with Gasteiger partial charge in [-0.15, -0.1) is 11.3 Å². The number of para-hydroxylation sites is 1. The molecule has 0 aliphatic carbocycles. The second kappa shape index (κ2) is 6.84. The predicted octanol–water partition coefficient (Wildman–Crippen LogP) is 3.77. The summed E-state index contributed by atoms with van der Waals surface area (Å²) in [5.41, 5.74) is 4.99.